The monoisotopic (exact) mass is 129 g/mol. The molecule has 0 unspecified atom stereocenters. The van der Waals surface area contributed by atoms with Gasteiger partial charge in [0.25, 0.3) is 0 Å². The first-order chi connectivity index (χ1) is 3.93. The predicted octanol–water partition coefficient (Wildman–Crippen LogP) is 1.18. The molecular weight excluding hydrogens is 120 g/mol. The van der Waals surface area contributed by atoms with Crippen molar-refractivity contribution in [3.63, 3.8) is 0 Å². The van der Waals surface area contributed by atoms with Crippen LogP contribution in [0.3, 0.4) is 0 Å². The first-order valence-corrected chi connectivity index (χ1v) is 4.05. The van der Waals surface area contributed by atoms with E-state index in [0.29, 0.717) is 0 Å². The van der Waals surface area contributed by atoms with E-state index in [1.807, 2.05) is 17.9 Å². The van der Waals surface area contributed by atoms with Crippen molar-refractivity contribution in [1.82, 2.24) is 0 Å². The normalized spacial score (nSPS) is 20.4. The molecular formula is C6H9OS. The Morgan fingerprint density at radius 1 is 1.38 bits per heavy atom. The number of aliphatic hydroxyl groups excluding tert-OH is 1. The summed E-state index contributed by atoms with van der Waals surface area (Å²) in [6.07, 6.45) is 4.02. The summed E-state index contributed by atoms with van der Waals surface area (Å²) in [6, 6.07) is 0. The molecule has 1 rings (SSSR count). The Labute approximate surface area is 52.1 Å². The topological polar surface area (TPSA) is 20.2 Å². The average Bonchev–Trinajstić information content (AvgIpc) is 2.19. The maximum absolute atomic E-state index is 8.42. The van der Waals surface area contributed by atoms with E-state index >= 15 is 0 Å². The Morgan fingerprint density at radius 2 is 2.00 bits per heavy atom. The number of allylic oxidation sites excluding steroid dienone is 2. The maximum Gasteiger partial charge on any atom is 0.0550 e. The molecule has 1 N–H and O–H groups in total. The summed E-state index contributed by atoms with van der Waals surface area (Å²) in [4.78, 5) is 0. The molecule has 0 bridgehead atoms. The minimum Gasteiger partial charge on any atom is -0.395 e. The van der Waals surface area contributed by atoms with E-state index in [1.165, 1.54) is 0 Å². The van der Waals surface area contributed by atoms with E-state index in [2.05, 4.69) is 10.8 Å². The second-order valence-electron chi connectivity index (χ2n) is 1.50. The second kappa shape index (κ2) is 2.95. The van der Waals surface area contributed by atoms with Crippen LogP contribution in [0.5, 0.6) is 0 Å². The van der Waals surface area contributed by atoms with Crippen LogP contribution in [-0.2, 0) is 0 Å². The number of rotatable bonds is 2. The van der Waals surface area contributed by atoms with Gasteiger partial charge in [-0.2, -0.15) is 0 Å². The summed E-state index contributed by atoms with van der Waals surface area (Å²) in [6.45, 7) is 0.195. The van der Waals surface area contributed by atoms with E-state index in [4.69, 9.17) is 5.11 Å². The lowest BCUT2D eigenvalue weighted by Crippen LogP contribution is -1.78. The van der Waals surface area contributed by atoms with Crippen molar-refractivity contribution in [1.29, 1.82) is 0 Å². The van der Waals surface area contributed by atoms with Crippen LogP contribution < -0.4 is 0 Å². The fraction of sp³-hybridized carbons (Fsp3) is 0.167. The van der Waals surface area contributed by atoms with E-state index in [1.54, 1.807) is 0 Å². The lowest BCUT2D eigenvalue weighted by atomic mass is 10.6. The van der Waals surface area contributed by atoms with Gasteiger partial charge in [-0.1, -0.05) is 12.2 Å². The largest absolute Gasteiger partial charge is 0.395 e. The van der Waals surface area contributed by atoms with Gasteiger partial charge in [-0.25, -0.2) is 10.9 Å². The zero-order valence-electron chi connectivity index (χ0n) is 4.49. The highest BCUT2D eigenvalue weighted by atomic mass is 32.2. The Bertz CT molecular complexity index is 106. The van der Waals surface area contributed by atoms with Crippen molar-refractivity contribution in [3.8, 4) is 0 Å². The Hall–Kier alpha value is -0.210. The number of hydrogen-bond donors (Lipinski definition) is 2. The van der Waals surface area contributed by atoms with Crippen molar-refractivity contribution >= 4 is 10.9 Å². The minimum absolute atomic E-state index is 0.181. The van der Waals surface area contributed by atoms with Crippen LogP contribution in [0.2, 0.25) is 0 Å². The van der Waals surface area contributed by atoms with Crippen molar-refractivity contribution in [2.24, 2.45) is 0 Å². The Kier molecular flexibility index (Phi) is 2.18. The van der Waals surface area contributed by atoms with Gasteiger partial charge >= 0.3 is 0 Å². The fourth-order valence-electron chi connectivity index (χ4n) is 0.564. The zero-order valence-corrected chi connectivity index (χ0v) is 5.38. The molecule has 1 aliphatic rings. The minimum atomic E-state index is -0.181. The third kappa shape index (κ3) is 1.39. The van der Waals surface area contributed by atoms with Crippen LogP contribution in [0.15, 0.2) is 23.0 Å². The Balaban J connectivity index is 2.27. The number of hydrogen-bond acceptors (Lipinski definition) is 1. The van der Waals surface area contributed by atoms with Gasteiger partial charge in [0.05, 0.1) is 6.61 Å². The van der Waals surface area contributed by atoms with Crippen molar-refractivity contribution < 1.29 is 5.11 Å². The van der Waals surface area contributed by atoms with Crippen LogP contribution in [0.4, 0.5) is 0 Å². The number of thiol groups is 1. The molecule has 0 aliphatic carbocycles. The van der Waals surface area contributed by atoms with Gasteiger partial charge in [0.15, 0.2) is 0 Å². The zero-order chi connectivity index (χ0) is 5.82. The van der Waals surface area contributed by atoms with Crippen LogP contribution >= 0.6 is 10.9 Å². The molecule has 0 aromatic rings. The average molecular weight is 129 g/mol. The van der Waals surface area contributed by atoms with Gasteiger partial charge in [0.1, 0.15) is 0 Å². The SMILES string of the molecule is OC[CH][SH]1C=CC=C1. The molecule has 1 radical (unpaired) electrons. The van der Waals surface area contributed by atoms with Gasteiger partial charge in [0, 0.05) is 5.75 Å². The van der Waals surface area contributed by atoms with Gasteiger partial charge in [-0.05, 0) is 10.8 Å². The fourth-order valence-corrected chi connectivity index (χ4v) is 1.69. The van der Waals surface area contributed by atoms with Crippen LogP contribution in [0.1, 0.15) is 0 Å². The highest BCUT2D eigenvalue weighted by Gasteiger charge is 1.95. The Morgan fingerprint density at radius 3 is 2.50 bits per heavy atom. The van der Waals surface area contributed by atoms with Crippen LogP contribution in [-0.4, -0.2) is 11.7 Å². The first kappa shape index (κ1) is 5.92. The molecule has 45 valence electrons. The molecule has 1 heterocycles. The summed E-state index contributed by atoms with van der Waals surface area (Å²) in [5, 5.41) is 12.6. The highest BCUT2D eigenvalue weighted by Crippen LogP contribution is 2.34. The summed E-state index contributed by atoms with van der Waals surface area (Å²) < 4.78 is 0. The summed E-state index contributed by atoms with van der Waals surface area (Å²) in [5.41, 5.74) is 0. The number of aliphatic hydroxyl groups is 1. The van der Waals surface area contributed by atoms with Crippen molar-refractivity contribution in [2.45, 2.75) is 0 Å². The molecule has 8 heavy (non-hydrogen) atoms. The molecule has 1 nitrogen and oxygen atoms in total. The third-order valence-electron chi connectivity index (χ3n) is 0.920. The molecule has 0 saturated heterocycles. The summed E-state index contributed by atoms with van der Waals surface area (Å²) in [7, 11) is -0.181. The van der Waals surface area contributed by atoms with E-state index < -0.39 is 0 Å². The molecule has 0 aromatic carbocycles. The summed E-state index contributed by atoms with van der Waals surface area (Å²) >= 11 is 0. The van der Waals surface area contributed by atoms with E-state index in [9.17, 15) is 0 Å². The van der Waals surface area contributed by atoms with Crippen molar-refractivity contribution in [3.05, 3.63) is 28.7 Å². The molecule has 0 aromatic heterocycles. The lowest BCUT2D eigenvalue weighted by molar-refractivity contribution is 0.337. The van der Waals surface area contributed by atoms with Gasteiger partial charge in [0.2, 0.25) is 0 Å². The van der Waals surface area contributed by atoms with Gasteiger partial charge in [-0.15, -0.1) is 0 Å². The maximum atomic E-state index is 8.42. The predicted molar refractivity (Wildman–Crippen MR) is 38.7 cm³/mol. The lowest BCUT2D eigenvalue weighted by Gasteiger charge is -2.03. The van der Waals surface area contributed by atoms with Crippen LogP contribution in [0, 0.1) is 5.75 Å². The standard InChI is InChI=1S/C6H9OS/c7-3-6-8-4-1-2-5-8/h1-2,4-8H,3H2. The van der Waals surface area contributed by atoms with E-state index in [-0.39, 0.29) is 17.5 Å². The smallest absolute Gasteiger partial charge is 0.0550 e. The highest BCUT2D eigenvalue weighted by molar-refractivity contribution is 8.24. The van der Waals surface area contributed by atoms with Gasteiger partial charge in [-0.3, -0.25) is 0 Å². The quantitative estimate of drug-likeness (QED) is 0.536. The van der Waals surface area contributed by atoms with Crippen LogP contribution in [0.25, 0.3) is 0 Å². The molecule has 0 fully saturated rings. The van der Waals surface area contributed by atoms with Crippen molar-refractivity contribution in [2.75, 3.05) is 6.61 Å². The molecule has 0 atom stereocenters. The molecule has 0 amide bonds. The molecule has 1 aliphatic heterocycles. The summed E-state index contributed by atoms with van der Waals surface area (Å²) in [5.74, 6) is 1.91. The third-order valence-corrected chi connectivity index (χ3v) is 2.54. The molecule has 0 spiro atoms. The second-order valence-corrected chi connectivity index (χ2v) is 3.35. The van der Waals surface area contributed by atoms with E-state index in [0.717, 1.165) is 0 Å². The molecule has 0 saturated carbocycles. The molecule has 2 heteroatoms. The van der Waals surface area contributed by atoms with Gasteiger partial charge < -0.3 is 5.11 Å². The first-order valence-electron chi connectivity index (χ1n) is 2.50.